The van der Waals surface area contributed by atoms with E-state index >= 15 is 0 Å². The van der Waals surface area contributed by atoms with Gasteiger partial charge in [-0.1, -0.05) is 6.58 Å². The zero-order valence-electron chi connectivity index (χ0n) is 11.0. The molecule has 0 radical (unpaired) electrons. The number of rotatable bonds is 3. The van der Waals surface area contributed by atoms with E-state index in [4.69, 9.17) is 4.74 Å². The number of aliphatic imine (C=N–C) groups is 1. The van der Waals surface area contributed by atoms with Gasteiger partial charge < -0.3 is 15.0 Å². The summed E-state index contributed by atoms with van der Waals surface area (Å²) in [6.45, 7) is 6.85. The number of nitrogens with zero attached hydrogens (tertiary/aromatic N) is 2. The maximum atomic E-state index is 13.9. The quantitative estimate of drug-likeness (QED) is 0.667. The first kappa shape index (κ1) is 13.5. The van der Waals surface area contributed by atoms with Gasteiger partial charge in [-0.2, -0.15) is 0 Å². The predicted octanol–water partition coefficient (Wildman–Crippen LogP) is 1.77. The van der Waals surface area contributed by atoms with E-state index in [0.29, 0.717) is 11.6 Å². The van der Waals surface area contributed by atoms with Crippen LogP contribution in [0.2, 0.25) is 0 Å². The minimum atomic E-state index is -0.222. The third-order valence-corrected chi connectivity index (χ3v) is 3.05. The van der Waals surface area contributed by atoms with Gasteiger partial charge in [0, 0.05) is 37.9 Å². The van der Waals surface area contributed by atoms with E-state index < -0.39 is 0 Å². The van der Waals surface area contributed by atoms with Crippen molar-refractivity contribution in [1.82, 2.24) is 5.32 Å². The number of piperazine rings is 1. The highest BCUT2D eigenvalue weighted by atomic mass is 19.1. The lowest BCUT2D eigenvalue weighted by Crippen LogP contribution is -2.43. The number of nitrogens with one attached hydrogen (secondary N) is 1. The molecule has 1 N–H and O–H groups in total. The Kier molecular flexibility index (Phi) is 4.52. The topological polar surface area (TPSA) is 36.9 Å². The van der Waals surface area contributed by atoms with E-state index in [-0.39, 0.29) is 5.82 Å². The van der Waals surface area contributed by atoms with Gasteiger partial charge >= 0.3 is 0 Å². The van der Waals surface area contributed by atoms with Gasteiger partial charge in [0.05, 0.1) is 12.8 Å². The third-order valence-electron chi connectivity index (χ3n) is 3.05. The minimum absolute atomic E-state index is 0.222. The van der Waals surface area contributed by atoms with Crippen molar-refractivity contribution in [2.45, 2.75) is 0 Å². The number of ether oxygens (including phenoxy) is 1. The van der Waals surface area contributed by atoms with E-state index in [0.717, 1.165) is 31.7 Å². The molecule has 0 unspecified atom stereocenters. The fourth-order valence-corrected chi connectivity index (χ4v) is 2.12. The summed E-state index contributed by atoms with van der Waals surface area (Å²) in [6.07, 6.45) is 1.41. The van der Waals surface area contributed by atoms with Crippen LogP contribution in [0.5, 0.6) is 0 Å². The molecule has 1 aliphatic rings. The molecule has 1 saturated heterocycles. The summed E-state index contributed by atoms with van der Waals surface area (Å²) in [5.74, 6) is 0.214. The molecule has 0 saturated carbocycles. The Bertz CT molecular complexity index is 482. The molecule has 0 bridgehead atoms. The largest absolute Gasteiger partial charge is 0.481 e. The predicted molar refractivity (Wildman–Crippen MR) is 75.2 cm³/mol. The molecule has 4 nitrogen and oxygen atoms in total. The minimum Gasteiger partial charge on any atom is -0.481 e. The van der Waals surface area contributed by atoms with Crippen LogP contribution < -0.4 is 10.2 Å². The summed E-state index contributed by atoms with van der Waals surface area (Å²) in [6, 6.07) is 4.88. The van der Waals surface area contributed by atoms with Gasteiger partial charge in [0.15, 0.2) is 0 Å². The molecule has 0 amide bonds. The number of hydrogen-bond acceptors (Lipinski definition) is 4. The maximum Gasteiger partial charge on any atom is 0.220 e. The summed E-state index contributed by atoms with van der Waals surface area (Å²) in [4.78, 5) is 6.06. The van der Waals surface area contributed by atoms with Gasteiger partial charge in [-0.05, 0) is 18.2 Å². The average Bonchev–Trinajstić information content (AvgIpc) is 2.46. The fraction of sp³-hybridized carbons (Fsp3) is 0.357. The van der Waals surface area contributed by atoms with Gasteiger partial charge in [0.1, 0.15) is 5.82 Å². The van der Waals surface area contributed by atoms with Gasteiger partial charge in [-0.25, -0.2) is 9.38 Å². The Morgan fingerprint density at radius 2 is 2.21 bits per heavy atom. The van der Waals surface area contributed by atoms with Crippen molar-refractivity contribution in [1.29, 1.82) is 0 Å². The first-order valence-electron chi connectivity index (χ1n) is 6.24. The van der Waals surface area contributed by atoms with Gasteiger partial charge in [-0.3, -0.25) is 0 Å². The van der Waals surface area contributed by atoms with Crippen LogP contribution in [0.4, 0.5) is 10.1 Å². The van der Waals surface area contributed by atoms with Crippen LogP contribution in [-0.2, 0) is 4.74 Å². The molecule has 1 aliphatic heterocycles. The smallest absolute Gasteiger partial charge is 0.220 e. The maximum absolute atomic E-state index is 13.9. The van der Waals surface area contributed by atoms with Crippen molar-refractivity contribution in [3.05, 3.63) is 42.4 Å². The number of methoxy groups -OCH3 is 1. The average molecular weight is 263 g/mol. The molecule has 2 rings (SSSR count). The second-order valence-electron chi connectivity index (χ2n) is 4.22. The van der Waals surface area contributed by atoms with Crippen LogP contribution in [0, 0.1) is 5.82 Å². The lowest BCUT2D eigenvalue weighted by Gasteiger charge is -2.30. The Balaban J connectivity index is 2.33. The molecule has 0 spiro atoms. The van der Waals surface area contributed by atoms with Crippen molar-refractivity contribution < 1.29 is 9.13 Å². The summed E-state index contributed by atoms with van der Waals surface area (Å²) in [5.41, 5.74) is 1.34. The number of benzene rings is 1. The Morgan fingerprint density at radius 3 is 2.84 bits per heavy atom. The SMILES string of the molecule is C=CN=C(OC)c1ccc(F)c(N2CCNCC2)c1. The molecule has 5 heteroatoms. The molecular weight excluding hydrogens is 245 g/mol. The molecule has 1 aromatic rings. The molecule has 0 atom stereocenters. The number of anilines is 1. The lowest BCUT2D eigenvalue weighted by molar-refractivity contribution is 0.405. The highest BCUT2D eigenvalue weighted by Crippen LogP contribution is 2.22. The Morgan fingerprint density at radius 1 is 1.47 bits per heavy atom. The highest BCUT2D eigenvalue weighted by Gasteiger charge is 2.16. The summed E-state index contributed by atoms with van der Waals surface area (Å²) in [7, 11) is 1.54. The molecule has 1 fully saturated rings. The van der Waals surface area contributed by atoms with Gasteiger partial charge in [0.25, 0.3) is 0 Å². The fourth-order valence-electron chi connectivity index (χ4n) is 2.12. The van der Waals surface area contributed by atoms with Crippen molar-refractivity contribution in [3.63, 3.8) is 0 Å². The lowest BCUT2D eigenvalue weighted by atomic mass is 10.1. The molecule has 1 heterocycles. The normalized spacial score (nSPS) is 16.3. The van der Waals surface area contributed by atoms with Crippen molar-refractivity contribution >= 4 is 11.6 Å². The molecule has 1 aromatic carbocycles. The summed E-state index contributed by atoms with van der Waals surface area (Å²) < 4.78 is 19.1. The van der Waals surface area contributed by atoms with Gasteiger partial charge in [-0.15, -0.1) is 0 Å². The van der Waals surface area contributed by atoms with Crippen LogP contribution in [0.3, 0.4) is 0 Å². The van der Waals surface area contributed by atoms with E-state index in [1.165, 1.54) is 19.4 Å². The second kappa shape index (κ2) is 6.33. The van der Waals surface area contributed by atoms with Crippen LogP contribution in [-0.4, -0.2) is 39.2 Å². The molecule has 0 aromatic heterocycles. The molecule has 102 valence electrons. The second-order valence-corrected chi connectivity index (χ2v) is 4.22. The number of halogens is 1. The standard InChI is InChI=1S/C14H18FN3O/c1-3-17-14(19-2)11-4-5-12(15)13(10-11)18-8-6-16-7-9-18/h3-5,10,16H,1,6-9H2,2H3. The van der Waals surface area contributed by atoms with E-state index in [1.807, 2.05) is 4.90 Å². The molecule has 0 aliphatic carbocycles. The third kappa shape index (κ3) is 3.12. The van der Waals surface area contributed by atoms with Crippen molar-refractivity contribution in [2.24, 2.45) is 4.99 Å². The van der Waals surface area contributed by atoms with E-state index in [2.05, 4.69) is 16.9 Å². The Hall–Kier alpha value is -1.88. The van der Waals surface area contributed by atoms with E-state index in [9.17, 15) is 4.39 Å². The highest BCUT2D eigenvalue weighted by molar-refractivity contribution is 5.95. The monoisotopic (exact) mass is 263 g/mol. The van der Waals surface area contributed by atoms with Crippen molar-refractivity contribution in [3.8, 4) is 0 Å². The zero-order valence-corrected chi connectivity index (χ0v) is 11.0. The van der Waals surface area contributed by atoms with Crippen LogP contribution >= 0.6 is 0 Å². The molecule has 19 heavy (non-hydrogen) atoms. The van der Waals surface area contributed by atoms with Crippen LogP contribution in [0.15, 0.2) is 36.0 Å². The van der Waals surface area contributed by atoms with Crippen LogP contribution in [0.1, 0.15) is 5.56 Å². The first-order chi connectivity index (χ1) is 9.26. The summed E-state index contributed by atoms with van der Waals surface area (Å²) in [5, 5.41) is 3.25. The van der Waals surface area contributed by atoms with E-state index in [1.54, 1.807) is 12.1 Å². The van der Waals surface area contributed by atoms with Crippen LogP contribution in [0.25, 0.3) is 0 Å². The molecular formula is C14H18FN3O. The zero-order chi connectivity index (χ0) is 13.7. The number of hydrogen-bond donors (Lipinski definition) is 1. The van der Waals surface area contributed by atoms with Gasteiger partial charge in [0.2, 0.25) is 5.90 Å². The summed E-state index contributed by atoms with van der Waals surface area (Å²) >= 11 is 0. The Labute approximate surface area is 112 Å². The first-order valence-corrected chi connectivity index (χ1v) is 6.24. The van der Waals surface area contributed by atoms with Crippen molar-refractivity contribution in [2.75, 3.05) is 38.2 Å².